The standard InChI is InChI=1S/C13H16N4O3S/c1-10(18)16-11-4-7-17(8-5-11)21(19,20)13-3-2-6-15-12(13)9-14/h2-3,6,11H,4-5,7-8H2,1H3,(H,16,18). The molecule has 0 aliphatic carbocycles. The van der Waals surface area contributed by atoms with Crippen molar-refractivity contribution < 1.29 is 13.2 Å². The lowest BCUT2D eigenvalue weighted by Crippen LogP contribution is -2.46. The van der Waals surface area contributed by atoms with Gasteiger partial charge >= 0.3 is 0 Å². The number of hydrogen-bond donors (Lipinski definition) is 1. The lowest BCUT2D eigenvalue weighted by molar-refractivity contribution is -0.119. The highest BCUT2D eigenvalue weighted by Crippen LogP contribution is 2.22. The summed E-state index contributed by atoms with van der Waals surface area (Å²) in [4.78, 5) is 14.7. The molecule has 0 unspecified atom stereocenters. The zero-order valence-electron chi connectivity index (χ0n) is 11.6. The molecule has 0 atom stereocenters. The Labute approximate surface area is 123 Å². The third-order valence-electron chi connectivity index (χ3n) is 3.36. The fraction of sp³-hybridized carbons (Fsp3) is 0.462. The summed E-state index contributed by atoms with van der Waals surface area (Å²) < 4.78 is 26.4. The van der Waals surface area contributed by atoms with E-state index in [1.54, 1.807) is 6.07 Å². The first kappa shape index (κ1) is 15.4. The summed E-state index contributed by atoms with van der Waals surface area (Å²) in [6, 6.07) is 4.69. The second kappa shape index (κ2) is 6.20. The van der Waals surface area contributed by atoms with E-state index in [0.717, 1.165) is 0 Å². The molecule has 0 saturated carbocycles. The first-order chi connectivity index (χ1) is 9.95. The molecule has 1 fully saturated rings. The molecular formula is C13H16N4O3S. The molecule has 1 aromatic heterocycles. The Morgan fingerprint density at radius 1 is 1.48 bits per heavy atom. The Morgan fingerprint density at radius 2 is 2.14 bits per heavy atom. The molecule has 1 aromatic rings. The van der Waals surface area contributed by atoms with Crippen LogP contribution in [0.4, 0.5) is 0 Å². The van der Waals surface area contributed by atoms with Gasteiger partial charge in [0.15, 0.2) is 5.69 Å². The topological polar surface area (TPSA) is 103 Å². The maximum atomic E-state index is 12.5. The summed E-state index contributed by atoms with van der Waals surface area (Å²) >= 11 is 0. The van der Waals surface area contributed by atoms with Crippen LogP contribution in [-0.4, -0.2) is 42.7 Å². The molecular weight excluding hydrogens is 292 g/mol. The number of nitriles is 1. The van der Waals surface area contributed by atoms with E-state index in [-0.39, 0.29) is 22.5 Å². The Morgan fingerprint density at radius 3 is 2.71 bits per heavy atom. The molecule has 2 rings (SSSR count). The van der Waals surface area contributed by atoms with E-state index >= 15 is 0 Å². The van der Waals surface area contributed by atoms with Crippen molar-refractivity contribution in [1.29, 1.82) is 5.26 Å². The van der Waals surface area contributed by atoms with Crippen LogP contribution in [0.15, 0.2) is 23.2 Å². The van der Waals surface area contributed by atoms with Gasteiger partial charge in [0.2, 0.25) is 15.9 Å². The molecule has 0 bridgehead atoms. The molecule has 1 saturated heterocycles. The van der Waals surface area contributed by atoms with Crippen LogP contribution < -0.4 is 5.32 Å². The van der Waals surface area contributed by atoms with E-state index in [4.69, 9.17) is 5.26 Å². The molecule has 8 heteroatoms. The Balaban J connectivity index is 2.16. The van der Waals surface area contributed by atoms with Gasteiger partial charge in [-0.25, -0.2) is 13.4 Å². The van der Waals surface area contributed by atoms with E-state index in [9.17, 15) is 13.2 Å². The zero-order chi connectivity index (χ0) is 15.5. The van der Waals surface area contributed by atoms with E-state index < -0.39 is 10.0 Å². The van der Waals surface area contributed by atoms with Gasteiger partial charge in [-0.1, -0.05) is 0 Å². The summed E-state index contributed by atoms with van der Waals surface area (Å²) in [5.41, 5.74) is -0.0958. The average molecular weight is 308 g/mol. The predicted molar refractivity (Wildman–Crippen MR) is 74.5 cm³/mol. The molecule has 21 heavy (non-hydrogen) atoms. The van der Waals surface area contributed by atoms with Crippen molar-refractivity contribution in [2.75, 3.05) is 13.1 Å². The first-order valence-electron chi connectivity index (χ1n) is 6.57. The summed E-state index contributed by atoms with van der Waals surface area (Å²) in [5, 5.41) is 11.8. The predicted octanol–water partition coefficient (Wildman–Crippen LogP) is 0.242. The van der Waals surface area contributed by atoms with Crippen molar-refractivity contribution >= 4 is 15.9 Å². The molecule has 0 radical (unpaired) electrons. The first-order valence-corrected chi connectivity index (χ1v) is 8.01. The number of nitrogens with zero attached hydrogens (tertiary/aromatic N) is 3. The molecule has 112 valence electrons. The quantitative estimate of drug-likeness (QED) is 0.861. The van der Waals surface area contributed by atoms with Crippen molar-refractivity contribution in [2.24, 2.45) is 0 Å². The van der Waals surface area contributed by atoms with E-state index in [1.807, 2.05) is 0 Å². The van der Waals surface area contributed by atoms with E-state index in [2.05, 4.69) is 10.3 Å². The third-order valence-corrected chi connectivity index (χ3v) is 5.29. The van der Waals surface area contributed by atoms with Gasteiger partial charge in [0.1, 0.15) is 11.0 Å². The van der Waals surface area contributed by atoms with Crippen LogP contribution in [0.1, 0.15) is 25.5 Å². The van der Waals surface area contributed by atoms with Gasteiger partial charge in [-0.05, 0) is 25.0 Å². The highest BCUT2D eigenvalue weighted by Gasteiger charge is 2.31. The van der Waals surface area contributed by atoms with Crippen molar-refractivity contribution in [3.8, 4) is 6.07 Å². The molecule has 1 N–H and O–H groups in total. The fourth-order valence-corrected chi connectivity index (χ4v) is 3.91. The normalized spacial score (nSPS) is 17.1. The van der Waals surface area contributed by atoms with Gasteiger partial charge < -0.3 is 5.32 Å². The monoisotopic (exact) mass is 308 g/mol. The van der Waals surface area contributed by atoms with Crippen LogP contribution in [0.2, 0.25) is 0 Å². The van der Waals surface area contributed by atoms with Gasteiger partial charge in [-0.2, -0.15) is 9.57 Å². The van der Waals surface area contributed by atoms with Crippen LogP contribution in [-0.2, 0) is 14.8 Å². The lowest BCUT2D eigenvalue weighted by Gasteiger charge is -2.31. The maximum absolute atomic E-state index is 12.5. The Bertz CT molecular complexity index is 673. The van der Waals surface area contributed by atoms with Crippen LogP contribution in [0.3, 0.4) is 0 Å². The van der Waals surface area contributed by atoms with Crippen LogP contribution in [0, 0.1) is 11.3 Å². The van der Waals surface area contributed by atoms with Crippen molar-refractivity contribution in [2.45, 2.75) is 30.7 Å². The summed E-state index contributed by atoms with van der Waals surface area (Å²) in [7, 11) is -3.72. The van der Waals surface area contributed by atoms with Crippen molar-refractivity contribution in [3.63, 3.8) is 0 Å². The van der Waals surface area contributed by atoms with Crippen molar-refractivity contribution in [1.82, 2.24) is 14.6 Å². The van der Waals surface area contributed by atoms with Crippen LogP contribution in [0.25, 0.3) is 0 Å². The SMILES string of the molecule is CC(=O)NC1CCN(S(=O)(=O)c2cccnc2C#N)CC1. The molecule has 1 aliphatic heterocycles. The number of pyridine rings is 1. The van der Waals surface area contributed by atoms with Crippen LogP contribution in [0.5, 0.6) is 0 Å². The fourth-order valence-electron chi connectivity index (χ4n) is 2.35. The largest absolute Gasteiger partial charge is 0.354 e. The zero-order valence-corrected chi connectivity index (χ0v) is 12.4. The van der Waals surface area contributed by atoms with Gasteiger partial charge in [0.05, 0.1) is 0 Å². The third kappa shape index (κ3) is 3.37. The second-order valence-electron chi connectivity index (χ2n) is 4.84. The molecule has 7 nitrogen and oxygen atoms in total. The van der Waals surface area contributed by atoms with E-state index in [1.165, 1.54) is 29.6 Å². The summed E-state index contributed by atoms with van der Waals surface area (Å²) in [5.74, 6) is -0.115. The molecule has 2 heterocycles. The lowest BCUT2D eigenvalue weighted by atomic mass is 10.1. The smallest absolute Gasteiger partial charge is 0.245 e. The molecule has 1 aliphatic rings. The number of hydrogen-bond acceptors (Lipinski definition) is 5. The average Bonchev–Trinajstić information content (AvgIpc) is 2.47. The van der Waals surface area contributed by atoms with Gasteiger partial charge in [-0.3, -0.25) is 4.79 Å². The molecule has 1 amide bonds. The number of amides is 1. The summed E-state index contributed by atoms with van der Waals surface area (Å²) in [6.07, 6.45) is 2.50. The Kier molecular flexibility index (Phi) is 4.55. The number of rotatable bonds is 3. The van der Waals surface area contributed by atoms with Gasteiger partial charge in [0.25, 0.3) is 0 Å². The number of aromatic nitrogens is 1. The highest BCUT2D eigenvalue weighted by molar-refractivity contribution is 7.89. The molecule has 0 spiro atoms. The minimum atomic E-state index is -3.72. The number of sulfonamides is 1. The highest BCUT2D eigenvalue weighted by atomic mass is 32.2. The number of carbonyl (C=O) groups is 1. The van der Waals surface area contributed by atoms with Gasteiger partial charge in [0, 0.05) is 32.3 Å². The minimum absolute atomic E-state index is 0.00159. The maximum Gasteiger partial charge on any atom is 0.245 e. The second-order valence-corrected chi connectivity index (χ2v) is 6.75. The number of piperidine rings is 1. The van der Waals surface area contributed by atoms with Crippen molar-refractivity contribution in [3.05, 3.63) is 24.0 Å². The number of nitrogens with one attached hydrogen (secondary N) is 1. The van der Waals surface area contributed by atoms with Gasteiger partial charge in [-0.15, -0.1) is 0 Å². The Hall–Kier alpha value is -1.98. The molecule has 0 aromatic carbocycles. The van der Waals surface area contributed by atoms with Crippen LogP contribution >= 0.6 is 0 Å². The minimum Gasteiger partial charge on any atom is -0.354 e. The summed E-state index contributed by atoms with van der Waals surface area (Å²) in [6.45, 7) is 2.07. The number of carbonyl (C=O) groups excluding carboxylic acids is 1. The van der Waals surface area contributed by atoms with E-state index in [0.29, 0.717) is 25.9 Å².